The second-order valence-electron chi connectivity index (χ2n) is 5.87. The summed E-state index contributed by atoms with van der Waals surface area (Å²) in [5.41, 5.74) is 1.45. The van der Waals surface area contributed by atoms with Crippen molar-refractivity contribution in [3.8, 4) is 0 Å². The maximum Gasteiger partial charge on any atom is 0.170 e. The molecule has 0 saturated heterocycles. The second kappa shape index (κ2) is 5.98. The van der Waals surface area contributed by atoms with Crippen molar-refractivity contribution < 1.29 is 13.9 Å². The number of carbonyl (C=O) groups excluding carboxylic acids is 1. The molecule has 5 heteroatoms. The summed E-state index contributed by atoms with van der Waals surface area (Å²) in [6, 6.07) is 8.78. The number of rotatable bonds is 5. The predicted octanol–water partition coefficient (Wildman–Crippen LogP) is 3.47. The number of nitrogens with zero attached hydrogens (tertiary/aromatic N) is 1. The summed E-state index contributed by atoms with van der Waals surface area (Å²) >= 11 is 0. The van der Waals surface area contributed by atoms with Crippen LogP contribution in [0.4, 0.5) is 0 Å². The SMILES string of the molecule is CC(C)c1cc(CC(=O)c2ccc(P(C)(C)=O)cc2)on1. The van der Waals surface area contributed by atoms with Crippen molar-refractivity contribution in [1.82, 2.24) is 5.16 Å². The van der Waals surface area contributed by atoms with Gasteiger partial charge in [-0.15, -0.1) is 0 Å². The van der Waals surface area contributed by atoms with Gasteiger partial charge in [0.05, 0.1) is 12.1 Å². The molecular weight excluding hydrogens is 285 g/mol. The predicted molar refractivity (Wildman–Crippen MR) is 84.2 cm³/mol. The summed E-state index contributed by atoms with van der Waals surface area (Å²) in [7, 11) is -2.28. The molecule has 2 aromatic rings. The van der Waals surface area contributed by atoms with Gasteiger partial charge in [-0.3, -0.25) is 4.79 Å². The lowest BCUT2D eigenvalue weighted by molar-refractivity contribution is 0.0984. The Balaban J connectivity index is 2.11. The van der Waals surface area contributed by atoms with Gasteiger partial charge in [-0.25, -0.2) is 0 Å². The lowest BCUT2D eigenvalue weighted by Crippen LogP contribution is -2.07. The van der Waals surface area contributed by atoms with E-state index >= 15 is 0 Å². The zero-order valence-electron chi connectivity index (χ0n) is 12.8. The lowest BCUT2D eigenvalue weighted by atomic mass is 10.1. The normalized spacial score (nSPS) is 11.9. The quantitative estimate of drug-likeness (QED) is 0.627. The molecular formula is C16H20NO3P. The number of hydrogen-bond donors (Lipinski definition) is 0. The summed E-state index contributed by atoms with van der Waals surface area (Å²) in [5.74, 6) is 0.819. The molecule has 0 N–H and O–H groups in total. The Labute approximate surface area is 124 Å². The fraction of sp³-hybridized carbons (Fsp3) is 0.375. The van der Waals surface area contributed by atoms with E-state index in [1.165, 1.54) is 0 Å². The topological polar surface area (TPSA) is 60.2 Å². The molecule has 0 aliphatic carbocycles. The van der Waals surface area contributed by atoms with E-state index in [4.69, 9.17) is 4.52 Å². The molecule has 0 spiro atoms. The van der Waals surface area contributed by atoms with Crippen LogP contribution in [0, 0.1) is 0 Å². The Bertz CT molecular complexity index is 680. The third kappa shape index (κ3) is 3.92. The Morgan fingerprint density at radius 1 is 1.24 bits per heavy atom. The molecule has 2 rings (SSSR count). The van der Waals surface area contributed by atoms with Crippen LogP contribution in [0.5, 0.6) is 0 Å². The highest BCUT2D eigenvalue weighted by Crippen LogP contribution is 2.34. The molecule has 0 unspecified atom stereocenters. The summed E-state index contributed by atoms with van der Waals surface area (Å²) < 4.78 is 17.1. The minimum absolute atomic E-state index is 0.0324. The first-order chi connectivity index (χ1) is 9.77. The lowest BCUT2D eigenvalue weighted by Gasteiger charge is -2.07. The molecule has 0 aliphatic rings. The van der Waals surface area contributed by atoms with E-state index < -0.39 is 7.14 Å². The van der Waals surface area contributed by atoms with E-state index in [0.717, 1.165) is 11.0 Å². The summed E-state index contributed by atoms with van der Waals surface area (Å²) in [4.78, 5) is 12.2. The van der Waals surface area contributed by atoms with Crippen LogP contribution in [0.15, 0.2) is 34.9 Å². The number of Topliss-reactive ketones (excluding diaryl/α,β-unsaturated/α-hetero) is 1. The van der Waals surface area contributed by atoms with E-state index in [0.29, 0.717) is 11.3 Å². The number of carbonyl (C=O) groups is 1. The van der Waals surface area contributed by atoms with E-state index in [2.05, 4.69) is 5.16 Å². The van der Waals surface area contributed by atoms with Gasteiger partial charge in [-0.1, -0.05) is 43.3 Å². The van der Waals surface area contributed by atoms with Crippen LogP contribution in [-0.2, 0) is 11.0 Å². The number of benzene rings is 1. The van der Waals surface area contributed by atoms with Crippen molar-refractivity contribution in [2.24, 2.45) is 0 Å². The highest BCUT2D eigenvalue weighted by molar-refractivity contribution is 7.70. The van der Waals surface area contributed by atoms with Crippen LogP contribution in [0.25, 0.3) is 0 Å². The largest absolute Gasteiger partial charge is 0.361 e. The van der Waals surface area contributed by atoms with Crippen LogP contribution in [-0.4, -0.2) is 24.3 Å². The molecule has 1 aromatic carbocycles. The van der Waals surface area contributed by atoms with Gasteiger partial charge < -0.3 is 9.09 Å². The Morgan fingerprint density at radius 2 is 1.86 bits per heavy atom. The zero-order valence-corrected chi connectivity index (χ0v) is 13.7. The molecule has 0 radical (unpaired) electrons. The standard InChI is InChI=1S/C16H20NO3P/c1-11(2)15-9-13(20-17-15)10-16(18)12-5-7-14(8-6-12)21(3,4)19/h5-9,11H,10H2,1-4H3. The first kappa shape index (κ1) is 15.7. The third-order valence-corrected chi connectivity index (χ3v) is 4.86. The maximum absolute atomic E-state index is 12.2. The molecule has 0 atom stereocenters. The second-order valence-corrected chi connectivity index (χ2v) is 9.09. The molecule has 4 nitrogen and oxygen atoms in total. The summed E-state index contributed by atoms with van der Waals surface area (Å²) in [6.07, 6.45) is 0.189. The van der Waals surface area contributed by atoms with Crippen molar-refractivity contribution in [1.29, 1.82) is 0 Å². The van der Waals surface area contributed by atoms with E-state index in [-0.39, 0.29) is 18.1 Å². The first-order valence-electron chi connectivity index (χ1n) is 6.91. The molecule has 0 amide bonds. The maximum atomic E-state index is 12.2. The molecule has 0 fully saturated rings. The summed E-state index contributed by atoms with van der Waals surface area (Å²) in [6.45, 7) is 7.48. The average molecular weight is 305 g/mol. The molecule has 21 heavy (non-hydrogen) atoms. The first-order valence-corrected chi connectivity index (χ1v) is 9.52. The highest BCUT2D eigenvalue weighted by Gasteiger charge is 2.15. The number of hydrogen-bond acceptors (Lipinski definition) is 4. The van der Waals surface area contributed by atoms with Gasteiger partial charge in [0.15, 0.2) is 5.78 Å². The fourth-order valence-electron chi connectivity index (χ4n) is 1.95. The Hall–Kier alpha value is -1.67. The van der Waals surface area contributed by atoms with Gasteiger partial charge in [-0.05, 0) is 19.2 Å². The minimum Gasteiger partial charge on any atom is -0.361 e. The van der Waals surface area contributed by atoms with Crippen LogP contribution in [0.1, 0.15) is 41.6 Å². The monoisotopic (exact) mass is 305 g/mol. The van der Waals surface area contributed by atoms with E-state index in [9.17, 15) is 9.36 Å². The number of aromatic nitrogens is 1. The van der Waals surface area contributed by atoms with E-state index in [1.54, 1.807) is 37.6 Å². The van der Waals surface area contributed by atoms with Gasteiger partial charge in [0, 0.05) is 16.9 Å². The van der Waals surface area contributed by atoms with E-state index in [1.807, 2.05) is 19.9 Å². The molecule has 1 aromatic heterocycles. The van der Waals surface area contributed by atoms with Crippen molar-refractivity contribution in [3.63, 3.8) is 0 Å². The van der Waals surface area contributed by atoms with Crippen LogP contribution in [0.2, 0.25) is 0 Å². The van der Waals surface area contributed by atoms with Crippen LogP contribution in [0.3, 0.4) is 0 Å². The Kier molecular flexibility index (Phi) is 4.48. The molecule has 0 saturated carbocycles. The molecule has 0 bridgehead atoms. The average Bonchev–Trinajstić information content (AvgIpc) is 2.86. The van der Waals surface area contributed by atoms with Crippen molar-refractivity contribution in [2.75, 3.05) is 13.3 Å². The molecule has 1 heterocycles. The fourth-order valence-corrected chi connectivity index (χ4v) is 2.82. The van der Waals surface area contributed by atoms with Crippen LogP contribution < -0.4 is 5.30 Å². The van der Waals surface area contributed by atoms with Gasteiger partial charge in [0.2, 0.25) is 0 Å². The summed E-state index contributed by atoms with van der Waals surface area (Å²) in [5, 5.41) is 4.72. The van der Waals surface area contributed by atoms with Crippen LogP contribution >= 0.6 is 7.14 Å². The minimum atomic E-state index is -2.28. The smallest absolute Gasteiger partial charge is 0.170 e. The van der Waals surface area contributed by atoms with Gasteiger partial charge in [0.25, 0.3) is 0 Å². The van der Waals surface area contributed by atoms with Gasteiger partial charge >= 0.3 is 0 Å². The number of ketones is 1. The molecule has 112 valence electrons. The van der Waals surface area contributed by atoms with Gasteiger partial charge in [0.1, 0.15) is 12.9 Å². The van der Waals surface area contributed by atoms with Crippen molar-refractivity contribution in [3.05, 3.63) is 47.3 Å². The Morgan fingerprint density at radius 3 is 2.33 bits per heavy atom. The third-order valence-electron chi connectivity index (χ3n) is 3.31. The highest BCUT2D eigenvalue weighted by atomic mass is 31.2. The van der Waals surface area contributed by atoms with Crippen molar-refractivity contribution >= 4 is 18.2 Å². The van der Waals surface area contributed by atoms with Crippen molar-refractivity contribution in [2.45, 2.75) is 26.2 Å². The molecule has 0 aliphatic heterocycles. The van der Waals surface area contributed by atoms with Gasteiger partial charge in [-0.2, -0.15) is 0 Å². The zero-order chi connectivity index (χ0) is 15.6.